The molecule has 0 aliphatic carbocycles. The summed E-state index contributed by atoms with van der Waals surface area (Å²) >= 11 is 1.27. The third-order valence-electron chi connectivity index (χ3n) is 3.86. The SMILES string of the molecule is COc1cccc(/C=N/NC(=O)Cc2csc(N)n2)c1OCc1ccccc1F. The molecule has 29 heavy (non-hydrogen) atoms. The monoisotopic (exact) mass is 414 g/mol. The third kappa shape index (κ3) is 5.52. The van der Waals surface area contributed by atoms with Crippen molar-refractivity contribution in [3.63, 3.8) is 0 Å². The van der Waals surface area contributed by atoms with Gasteiger partial charge in [0.15, 0.2) is 16.6 Å². The first kappa shape index (κ1) is 20.3. The van der Waals surface area contributed by atoms with Crippen LogP contribution < -0.4 is 20.6 Å². The minimum atomic E-state index is -0.354. The summed E-state index contributed by atoms with van der Waals surface area (Å²) in [5.74, 6) is 0.175. The highest BCUT2D eigenvalue weighted by Gasteiger charge is 2.11. The maximum absolute atomic E-state index is 13.9. The van der Waals surface area contributed by atoms with Crippen molar-refractivity contribution in [2.24, 2.45) is 5.10 Å². The van der Waals surface area contributed by atoms with Crippen molar-refractivity contribution < 1.29 is 18.7 Å². The van der Waals surface area contributed by atoms with Gasteiger partial charge in [-0.15, -0.1) is 11.3 Å². The molecule has 150 valence electrons. The molecule has 0 spiro atoms. The van der Waals surface area contributed by atoms with Gasteiger partial charge in [0.25, 0.3) is 0 Å². The van der Waals surface area contributed by atoms with Crippen LogP contribution in [0.25, 0.3) is 0 Å². The molecular formula is C20H19FN4O3S. The lowest BCUT2D eigenvalue weighted by Crippen LogP contribution is -2.20. The number of benzene rings is 2. The van der Waals surface area contributed by atoms with E-state index >= 15 is 0 Å². The van der Waals surface area contributed by atoms with Gasteiger partial charge in [0.1, 0.15) is 12.4 Å². The van der Waals surface area contributed by atoms with Crippen LogP contribution in [0.4, 0.5) is 9.52 Å². The summed E-state index contributed by atoms with van der Waals surface area (Å²) in [5.41, 5.74) is 9.55. The average molecular weight is 414 g/mol. The summed E-state index contributed by atoms with van der Waals surface area (Å²) in [6.45, 7) is 0.0193. The van der Waals surface area contributed by atoms with Crippen LogP contribution >= 0.6 is 11.3 Å². The molecule has 1 heterocycles. The maximum atomic E-state index is 13.9. The zero-order valence-electron chi connectivity index (χ0n) is 15.6. The molecule has 0 saturated heterocycles. The summed E-state index contributed by atoms with van der Waals surface area (Å²) in [4.78, 5) is 16.0. The van der Waals surface area contributed by atoms with Gasteiger partial charge >= 0.3 is 0 Å². The minimum Gasteiger partial charge on any atom is -0.493 e. The van der Waals surface area contributed by atoms with E-state index in [0.717, 1.165) is 0 Å². The van der Waals surface area contributed by atoms with Gasteiger partial charge in [-0.2, -0.15) is 5.10 Å². The Morgan fingerprint density at radius 1 is 1.31 bits per heavy atom. The number of hydrogen-bond donors (Lipinski definition) is 2. The molecule has 0 aliphatic rings. The Morgan fingerprint density at radius 3 is 2.86 bits per heavy atom. The quantitative estimate of drug-likeness (QED) is 0.436. The number of ether oxygens (including phenoxy) is 2. The Kier molecular flexibility index (Phi) is 6.75. The van der Waals surface area contributed by atoms with Crippen molar-refractivity contribution in [1.29, 1.82) is 0 Å². The Bertz CT molecular complexity index is 1020. The van der Waals surface area contributed by atoms with E-state index in [-0.39, 0.29) is 24.8 Å². The van der Waals surface area contributed by atoms with Crippen molar-refractivity contribution >= 4 is 28.6 Å². The number of para-hydroxylation sites is 1. The number of nitrogens with two attached hydrogens (primary N) is 1. The molecule has 0 atom stereocenters. The molecule has 3 rings (SSSR count). The number of nitrogen functional groups attached to an aromatic ring is 1. The molecule has 9 heteroatoms. The van der Waals surface area contributed by atoms with Crippen LogP contribution in [0.1, 0.15) is 16.8 Å². The number of nitrogens with zero attached hydrogens (tertiary/aromatic N) is 2. The molecule has 0 radical (unpaired) electrons. The van der Waals surface area contributed by atoms with Crippen molar-refractivity contribution in [3.8, 4) is 11.5 Å². The second-order valence-corrected chi connectivity index (χ2v) is 6.80. The molecule has 1 aromatic heterocycles. The molecule has 0 unspecified atom stereocenters. The number of rotatable bonds is 8. The highest BCUT2D eigenvalue weighted by atomic mass is 32.1. The van der Waals surface area contributed by atoms with Crippen molar-refractivity contribution in [2.45, 2.75) is 13.0 Å². The zero-order valence-corrected chi connectivity index (χ0v) is 16.4. The summed E-state index contributed by atoms with van der Waals surface area (Å²) in [6, 6.07) is 11.6. The number of hydrogen-bond acceptors (Lipinski definition) is 7. The fraction of sp³-hybridized carbons (Fsp3) is 0.150. The lowest BCUT2D eigenvalue weighted by molar-refractivity contribution is -0.120. The molecule has 1 amide bonds. The molecule has 3 aromatic rings. The molecule has 0 bridgehead atoms. The molecule has 0 fully saturated rings. The van der Waals surface area contributed by atoms with Crippen LogP contribution in [0.2, 0.25) is 0 Å². The van der Waals surface area contributed by atoms with E-state index in [1.807, 2.05) is 0 Å². The number of aromatic nitrogens is 1. The number of carbonyl (C=O) groups is 1. The molecule has 3 N–H and O–H groups in total. The number of anilines is 1. The number of amides is 1. The van der Waals surface area contributed by atoms with Crippen LogP contribution in [0.5, 0.6) is 11.5 Å². The predicted octanol–water partition coefficient (Wildman–Crippen LogP) is 3.14. The number of hydrazone groups is 1. The minimum absolute atomic E-state index is 0.0193. The second kappa shape index (κ2) is 9.65. The van der Waals surface area contributed by atoms with E-state index in [1.54, 1.807) is 41.8 Å². The van der Waals surface area contributed by atoms with Gasteiger partial charge in [-0.3, -0.25) is 4.79 Å². The van der Waals surface area contributed by atoms with Crippen LogP contribution in [0.3, 0.4) is 0 Å². The predicted molar refractivity (Wildman–Crippen MR) is 110 cm³/mol. The summed E-state index contributed by atoms with van der Waals surface area (Å²) in [6.07, 6.45) is 1.51. The average Bonchev–Trinajstić information content (AvgIpc) is 3.12. The van der Waals surface area contributed by atoms with Crippen molar-refractivity contribution in [2.75, 3.05) is 12.8 Å². The van der Waals surface area contributed by atoms with E-state index in [1.165, 1.54) is 30.7 Å². The number of methoxy groups -OCH3 is 1. The largest absolute Gasteiger partial charge is 0.493 e. The lowest BCUT2D eigenvalue weighted by Gasteiger charge is -2.13. The second-order valence-electron chi connectivity index (χ2n) is 5.91. The Hall–Kier alpha value is -3.46. The van der Waals surface area contributed by atoms with E-state index < -0.39 is 0 Å². The zero-order chi connectivity index (χ0) is 20.6. The Balaban J connectivity index is 1.69. The topological polar surface area (TPSA) is 98.8 Å². The van der Waals surface area contributed by atoms with Crippen LogP contribution in [-0.4, -0.2) is 24.2 Å². The Morgan fingerprint density at radius 2 is 2.14 bits per heavy atom. The van der Waals surface area contributed by atoms with E-state index in [0.29, 0.717) is 33.5 Å². The highest BCUT2D eigenvalue weighted by Crippen LogP contribution is 2.31. The standard InChI is InChI=1S/C20H19FN4O3S/c1-27-17-8-4-6-13(19(17)28-11-14-5-2-3-7-16(14)21)10-23-25-18(26)9-15-12-29-20(22)24-15/h2-8,10,12H,9,11H2,1H3,(H2,22,24)(H,25,26)/b23-10+. The fourth-order valence-corrected chi connectivity index (χ4v) is 3.06. The Labute approximate surface area is 171 Å². The van der Waals surface area contributed by atoms with Crippen molar-refractivity contribution in [3.05, 3.63) is 70.5 Å². The van der Waals surface area contributed by atoms with E-state index in [9.17, 15) is 9.18 Å². The molecular weight excluding hydrogens is 395 g/mol. The fourth-order valence-electron chi connectivity index (χ4n) is 2.50. The molecule has 2 aromatic carbocycles. The summed E-state index contributed by atoms with van der Waals surface area (Å²) in [7, 11) is 1.51. The summed E-state index contributed by atoms with van der Waals surface area (Å²) < 4.78 is 25.0. The molecule has 0 aliphatic heterocycles. The first-order valence-electron chi connectivity index (χ1n) is 8.62. The number of carbonyl (C=O) groups excluding carboxylic acids is 1. The van der Waals surface area contributed by atoms with Gasteiger partial charge in [-0.25, -0.2) is 14.8 Å². The van der Waals surface area contributed by atoms with Gasteiger partial charge in [0.05, 0.1) is 25.4 Å². The molecule has 7 nitrogen and oxygen atoms in total. The highest BCUT2D eigenvalue weighted by molar-refractivity contribution is 7.13. The van der Waals surface area contributed by atoms with Gasteiger partial charge in [-0.05, 0) is 18.2 Å². The number of nitrogens with one attached hydrogen (secondary N) is 1. The maximum Gasteiger partial charge on any atom is 0.246 e. The number of halogens is 1. The smallest absolute Gasteiger partial charge is 0.246 e. The van der Waals surface area contributed by atoms with Crippen LogP contribution in [-0.2, 0) is 17.8 Å². The lowest BCUT2D eigenvalue weighted by atomic mass is 10.2. The van der Waals surface area contributed by atoms with Crippen molar-refractivity contribution in [1.82, 2.24) is 10.4 Å². The van der Waals surface area contributed by atoms with Gasteiger partial charge in [0.2, 0.25) is 5.91 Å². The van der Waals surface area contributed by atoms with E-state index in [2.05, 4.69) is 15.5 Å². The number of thiazole rings is 1. The third-order valence-corrected chi connectivity index (χ3v) is 4.59. The summed E-state index contributed by atoms with van der Waals surface area (Å²) in [5, 5.41) is 6.09. The van der Waals surface area contributed by atoms with Crippen LogP contribution in [0.15, 0.2) is 52.9 Å². The van der Waals surface area contributed by atoms with E-state index in [4.69, 9.17) is 15.2 Å². The molecule has 0 saturated carbocycles. The normalized spacial score (nSPS) is 10.8. The first-order chi connectivity index (χ1) is 14.1. The first-order valence-corrected chi connectivity index (χ1v) is 9.49. The van der Waals surface area contributed by atoms with Gasteiger partial charge in [0, 0.05) is 16.5 Å². The van der Waals surface area contributed by atoms with Gasteiger partial charge in [-0.1, -0.05) is 24.3 Å². The van der Waals surface area contributed by atoms with Crippen LogP contribution in [0, 0.1) is 5.82 Å². The van der Waals surface area contributed by atoms with Gasteiger partial charge < -0.3 is 15.2 Å².